The predicted molar refractivity (Wildman–Crippen MR) is 293 cm³/mol. The number of rotatable bonds is 13. The van der Waals surface area contributed by atoms with Crippen molar-refractivity contribution in [2.75, 3.05) is 6.66 Å². The fourth-order valence-corrected chi connectivity index (χ4v) is 20.3. The first-order valence-corrected chi connectivity index (χ1v) is 33.5. The van der Waals surface area contributed by atoms with E-state index in [0.717, 1.165) is 0 Å². The molecule has 0 heterocycles. The molecule has 2 radical (unpaired) electrons. The van der Waals surface area contributed by atoms with Crippen LogP contribution in [0.2, 0.25) is 0 Å². The number of hydrogen-bond donors (Lipinski definition) is 0. The Labute approximate surface area is 480 Å². The van der Waals surface area contributed by atoms with Crippen molar-refractivity contribution in [2.24, 2.45) is 0 Å². The summed E-state index contributed by atoms with van der Waals surface area (Å²) in [5.74, 6) is 0. The average Bonchev–Trinajstić information content (AvgIpc) is 3.40. The van der Waals surface area contributed by atoms with E-state index in [0.29, 0.717) is 21.2 Å². The largest absolute Gasteiger partial charge is 0.0622 e. The van der Waals surface area contributed by atoms with E-state index in [9.17, 15) is 28.0 Å². The summed E-state index contributed by atoms with van der Waals surface area (Å²) in [7, 11) is -10.3. The molecule has 0 unspecified atom stereocenters. The van der Waals surface area contributed by atoms with E-state index in [1.807, 2.05) is 0 Å². The Bertz CT molecular complexity index is 2680. The van der Waals surface area contributed by atoms with Crippen LogP contribution in [0.25, 0.3) is 0 Å². The molecule has 0 aliphatic rings. The van der Waals surface area contributed by atoms with E-state index in [1.54, 1.807) is 121 Å². The summed E-state index contributed by atoms with van der Waals surface area (Å²) in [5, 5.41) is 9.08. The van der Waals surface area contributed by atoms with Crippen molar-refractivity contribution in [3.8, 4) is 0 Å². The van der Waals surface area contributed by atoms with E-state index in [4.69, 9.17) is 8.15 Å². The minimum atomic E-state index is -4.66. The van der Waals surface area contributed by atoms with Gasteiger partial charge in [0.15, 0.2) is 0 Å². The third-order valence-corrected chi connectivity index (χ3v) is 26.2. The summed E-state index contributed by atoms with van der Waals surface area (Å²) in [6, 6.07) is 87.9. The molecule has 0 aliphatic carbocycles. The van der Waals surface area contributed by atoms with Crippen molar-refractivity contribution in [3.05, 3.63) is 300 Å². The van der Waals surface area contributed by atoms with Crippen LogP contribution in [-0.2, 0) is 52.9 Å². The molecule has 0 aliphatic heterocycles. The van der Waals surface area contributed by atoms with E-state index in [2.05, 4.69) is 185 Å². The van der Waals surface area contributed by atoms with E-state index >= 15 is 0 Å². The van der Waals surface area contributed by atoms with Gasteiger partial charge >= 0.3 is 239 Å². The van der Waals surface area contributed by atoms with Crippen molar-refractivity contribution in [3.63, 3.8) is 0 Å². The van der Waals surface area contributed by atoms with Gasteiger partial charge in [-0.2, -0.15) is 0 Å². The first-order valence-electron chi connectivity index (χ1n) is 22.6. The zero-order valence-electron chi connectivity index (χ0n) is 40.8. The van der Waals surface area contributed by atoms with Gasteiger partial charge in [0.05, 0.1) is 25.2 Å². The SMILES string of the molecule is C[PH+](c1ccccc1)c1ccccc1.[Au].[Au].[CH2-]P([CH2-])(O[Cl+3]([O-])([O-])[O-])(c1ccccc1)c1ccccc1.[CH2-]P([CH2-])(O[Cl+3]([O-])([O-])[O-])(c1ccccc1)c1ccccc1.c1ccc(P(c2ccccc2)c2ccccc2)cc1. The van der Waals surface area contributed by atoms with Gasteiger partial charge in [0.2, 0.25) is 0 Å². The zero-order valence-corrected chi connectivity index (χ0v) is 50.3. The Hall–Kier alpha value is -3.56. The van der Waals surface area contributed by atoms with Gasteiger partial charge in [-0.05, 0) is 48.1 Å². The first kappa shape index (κ1) is 64.0. The second kappa shape index (κ2) is 28.9. The van der Waals surface area contributed by atoms with Gasteiger partial charge in [0.1, 0.15) is 0 Å². The van der Waals surface area contributed by atoms with Gasteiger partial charge in [-0.1, -0.05) is 127 Å². The molecule has 9 rings (SSSR count). The first-order chi connectivity index (χ1) is 34.8. The molecular formula is C59H57Au2Cl2O8P4-3. The van der Waals surface area contributed by atoms with Crippen LogP contribution in [0, 0.1) is 47.1 Å². The molecular weight excluding hydrogens is 1430 g/mol. The van der Waals surface area contributed by atoms with Crippen molar-refractivity contribution in [1.82, 2.24) is 0 Å². The normalized spacial score (nSPS) is 12.4. The molecule has 0 atom stereocenters. The Morgan fingerprint density at radius 2 is 0.493 bits per heavy atom. The molecule has 0 amide bonds. The van der Waals surface area contributed by atoms with Crippen molar-refractivity contribution in [1.29, 1.82) is 0 Å². The van der Waals surface area contributed by atoms with Crippen molar-refractivity contribution >= 4 is 77.2 Å². The van der Waals surface area contributed by atoms with E-state index < -0.39 is 50.0 Å². The third-order valence-electron chi connectivity index (χ3n) is 11.4. The van der Waals surface area contributed by atoms with Crippen LogP contribution in [0.1, 0.15) is 0 Å². The second-order valence-electron chi connectivity index (χ2n) is 16.8. The van der Waals surface area contributed by atoms with Crippen LogP contribution >= 0.6 is 29.5 Å². The van der Waals surface area contributed by atoms with Gasteiger partial charge in [0, 0.05) is 44.8 Å². The molecule has 0 aromatic heterocycles. The number of benzene rings is 9. The van der Waals surface area contributed by atoms with E-state index in [1.165, 1.54) is 26.5 Å². The standard InChI is InChI=1S/C18H15P.2C14H14ClO4P.C13H13P.2Au/c1-4-10-16(11-5-1)19(17-12-6-2-7-13-17)18-14-8-3-9-15-18;2*1-20(2,19-15(16,17)18,13-9-5-3-6-10-13)14-11-7-4-8-12-14;1-14(12-8-4-2-5-9-12)13-10-6-3-7-11-13;;/h1-15H;2*3-12H,1-2H2;2-11H,1H3;;/q;2*-2;;;/p+1. The van der Waals surface area contributed by atoms with Crippen molar-refractivity contribution in [2.45, 2.75) is 0 Å². The Morgan fingerprint density at radius 3 is 0.680 bits per heavy atom. The van der Waals surface area contributed by atoms with Gasteiger partial charge in [-0.25, -0.2) is 0 Å². The maximum absolute atomic E-state index is 11.1. The zero-order chi connectivity index (χ0) is 52.5. The monoisotopic (exact) mass is 1480 g/mol. The smallest absolute Gasteiger partial charge is 0.0134 e. The molecule has 0 saturated carbocycles. The molecule has 0 N–H and O–H groups in total. The van der Waals surface area contributed by atoms with Crippen LogP contribution in [-0.4, -0.2) is 6.66 Å². The van der Waals surface area contributed by atoms with Crippen LogP contribution in [0.5, 0.6) is 0 Å². The maximum Gasteiger partial charge on any atom is -0.0134 e. The molecule has 400 valence electrons. The Kier molecular flexibility index (Phi) is 24.6. The summed E-state index contributed by atoms with van der Waals surface area (Å²) in [4.78, 5) is 0. The quantitative estimate of drug-likeness (QED) is 0.0875. The Morgan fingerprint density at radius 1 is 0.320 bits per heavy atom. The van der Waals surface area contributed by atoms with Crippen LogP contribution in [0.15, 0.2) is 273 Å². The minimum Gasteiger partial charge on any atom is -0.0622 e. The topological polar surface area (TPSA) is 157 Å². The van der Waals surface area contributed by atoms with Gasteiger partial charge in [-0.15, -0.1) is 0 Å². The van der Waals surface area contributed by atoms with E-state index in [-0.39, 0.29) is 44.8 Å². The van der Waals surface area contributed by atoms with Crippen LogP contribution in [0.4, 0.5) is 0 Å². The van der Waals surface area contributed by atoms with Gasteiger partial charge in [0.25, 0.3) is 0 Å². The molecule has 9 aromatic carbocycles. The fraction of sp³-hybridized carbons (Fsp3) is 0.0169. The molecule has 8 nitrogen and oxygen atoms in total. The summed E-state index contributed by atoms with van der Waals surface area (Å²) in [6.07, 6.45) is 0. The second-order valence-corrected chi connectivity index (χ2v) is 31.7. The summed E-state index contributed by atoms with van der Waals surface area (Å²) in [5.41, 5.74) is 0. The minimum absolute atomic E-state index is 0. The molecule has 0 bridgehead atoms. The van der Waals surface area contributed by atoms with Crippen LogP contribution in [0.3, 0.4) is 0 Å². The molecule has 0 saturated heterocycles. The molecule has 0 spiro atoms. The average molecular weight is 1480 g/mol. The predicted octanol–water partition coefficient (Wildman–Crippen LogP) is 5.13. The van der Waals surface area contributed by atoms with Crippen LogP contribution < -0.4 is 75.7 Å². The summed E-state index contributed by atoms with van der Waals surface area (Å²) < 4.78 is 76.6. The fourth-order valence-electron chi connectivity index (χ4n) is 7.68. The number of hydrogen-bond acceptors (Lipinski definition) is 8. The molecule has 9 aromatic rings. The van der Waals surface area contributed by atoms with Gasteiger partial charge in [-0.3, -0.25) is 0 Å². The summed E-state index contributed by atoms with van der Waals surface area (Å²) in [6.45, 7) is 10.0. The Balaban J connectivity index is 0.000000216. The molecule has 75 heavy (non-hydrogen) atoms. The van der Waals surface area contributed by atoms with Crippen molar-refractivity contribution < 1.29 is 101 Å². The van der Waals surface area contributed by atoms with Gasteiger partial charge < -0.3 is 0 Å². The molecule has 0 fully saturated rings. The molecule has 16 heteroatoms. The third kappa shape index (κ3) is 18.3. The maximum atomic E-state index is 11.1. The number of halogens is 2. The summed E-state index contributed by atoms with van der Waals surface area (Å²) >= 11 is 0.